The first-order chi connectivity index (χ1) is 13.2. The second kappa shape index (κ2) is 9.21. The van der Waals surface area contributed by atoms with Crippen LogP contribution in [0.4, 0.5) is 0 Å². The van der Waals surface area contributed by atoms with Crippen molar-refractivity contribution in [1.29, 1.82) is 5.26 Å². The standard InChI is InChI=1S/C20H24N4O3/c1-26-18-5-3-17(4-6-18)24-10-7-16(15-21)19(24)20(25)22-8-2-9-23-11-13-27-14-12-23/h3-7,10H,2,8-9,11-14H2,1H3,(H,22,25). The summed E-state index contributed by atoms with van der Waals surface area (Å²) in [6, 6.07) is 11.1. The highest BCUT2D eigenvalue weighted by atomic mass is 16.5. The van der Waals surface area contributed by atoms with Crippen LogP contribution in [0.2, 0.25) is 0 Å². The number of nitrogens with zero attached hydrogens (tertiary/aromatic N) is 3. The Morgan fingerprint density at radius 3 is 2.67 bits per heavy atom. The highest BCUT2D eigenvalue weighted by Gasteiger charge is 2.18. The summed E-state index contributed by atoms with van der Waals surface area (Å²) in [6.07, 6.45) is 2.60. The molecule has 0 saturated carbocycles. The molecule has 1 aliphatic heterocycles. The van der Waals surface area contributed by atoms with Gasteiger partial charge in [-0.1, -0.05) is 0 Å². The number of nitrogens with one attached hydrogen (secondary N) is 1. The quantitative estimate of drug-likeness (QED) is 0.754. The molecule has 1 amide bonds. The molecule has 142 valence electrons. The van der Waals surface area contributed by atoms with E-state index in [4.69, 9.17) is 9.47 Å². The predicted octanol–water partition coefficient (Wildman–Crippen LogP) is 1.81. The number of methoxy groups -OCH3 is 1. The topological polar surface area (TPSA) is 79.5 Å². The van der Waals surface area contributed by atoms with Gasteiger partial charge in [-0.2, -0.15) is 5.26 Å². The molecule has 0 bridgehead atoms. The van der Waals surface area contributed by atoms with Gasteiger partial charge < -0.3 is 19.4 Å². The summed E-state index contributed by atoms with van der Waals surface area (Å²) in [6.45, 7) is 4.91. The van der Waals surface area contributed by atoms with Gasteiger partial charge in [0, 0.05) is 31.5 Å². The number of morpholine rings is 1. The molecule has 2 aromatic rings. The summed E-state index contributed by atoms with van der Waals surface area (Å²) >= 11 is 0. The molecule has 1 N–H and O–H groups in total. The van der Waals surface area contributed by atoms with E-state index in [0.29, 0.717) is 17.8 Å². The van der Waals surface area contributed by atoms with E-state index >= 15 is 0 Å². The van der Waals surface area contributed by atoms with Crippen molar-refractivity contribution in [2.24, 2.45) is 0 Å². The Hall–Kier alpha value is -2.82. The van der Waals surface area contributed by atoms with E-state index in [9.17, 15) is 10.1 Å². The number of carbonyl (C=O) groups excluding carboxylic acids is 1. The summed E-state index contributed by atoms with van der Waals surface area (Å²) in [5.74, 6) is 0.495. The van der Waals surface area contributed by atoms with E-state index in [0.717, 1.165) is 50.7 Å². The normalized spacial score (nSPS) is 14.5. The van der Waals surface area contributed by atoms with E-state index in [1.807, 2.05) is 24.3 Å². The van der Waals surface area contributed by atoms with Gasteiger partial charge in [0.2, 0.25) is 0 Å². The fourth-order valence-electron chi connectivity index (χ4n) is 3.13. The number of carbonyl (C=O) groups is 1. The number of amides is 1. The van der Waals surface area contributed by atoms with Crippen LogP contribution in [-0.2, 0) is 4.74 Å². The monoisotopic (exact) mass is 368 g/mol. The van der Waals surface area contributed by atoms with Gasteiger partial charge in [0.1, 0.15) is 17.5 Å². The van der Waals surface area contributed by atoms with Crippen LogP contribution >= 0.6 is 0 Å². The van der Waals surface area contributed by atoms with Gasteiger partial charge in [0.05, 0.1) is 25.9 Å². The molecule has 3 rings (SSSR count). The van der Waals surface area contributed by atoms with Crippen LogP contribution in [0, 0.1) is 11.3 Å². The maximum absolute atomic E-state index is 12.7. The van der Waals surface area contributed by atoms with E-state index in [1.54, 1.807) is 23.9 Å². The Morgan fingerprint density at radius 2 is 2.00 bits per heavy atom. The molecular weight excluding hydrogens is 344 g/mol. The Kier molecular flexibility index (Phi) is 6.47. The molecule has 0 radical (unpaired) electrons. The zero-order valence-electron chi connectivity index (χ0n) is 15.5. The molecule has 1 aromatic heterocycles. The Bertz CT molecular complexity index is 802. The van der Waals surface area contributed by atoms with Crippen LogP contribution in [0.25, 0.3) is 5.69 Å². The summed E-state index contributed by atoms with van der Waals surface area (Å²) in [5.41, 5.74) is 1.52. The summed E-state index contributed by atoms with van der Waals surface area (Å²) in [7, 11) is 1.61. The van der Waals surface area contributed by atoms with Crippen molar-refractivity contribution in [2.45, 2.75) is 6.42 Å². The number of nitriles is 1. The number of rotatable bonds is 7. The first-order valence-corrected chi connectivity index (χ1v) is 9.07. The number of benzene rings is 1. The Balaban J connectivity index is 1.64. The largest absolute Gasteiger partial charge is 0.497 e. The van der Waals surface area contributed by atoms with Gasteiger partial charge in [-0.3, -0.25) is 9.69 Å². The minimum atomic E-state index is -0.241. The van der Waals surface area contributed by atoms with Crippen molar-refractivity contribution in [3.05, 3.63) is 47.8 Å². The Labute approximate surface area is 159 Å². The van der Waals surface area contributed by atoms with E-state index in [-0.39, 0.29) is 5.91 Å². The third-order valence-electron chi connectivity index (χ3n) is 4.61. The molecule has 27 heavy (non-hydrogen) atoms. The molecule has 7 nitrogen and oxygen atoms in total. The minimum Gasteiger partial charge on any atom is -0.497 e. The molecule has 0 unspecified atom stereocenters. The highest BCUT2D eigenvalue weighted by Crippen LogP contribution is 2.20. The van der Waals surface area contributed by atoms with E-state index in [2.05, 4.69) is 16.3 Å². The smallest absolute Gasteiger partial charge is 0.269 e. The lowest BCUT2D eigenvalue weighted by atomic mass is 10.2. The number of hydrogen-bond donors (Lipinski definition) is 1. The minimum absolute atomic E-state index is 0.241. The second-order valence-corrected chi connectivity index (χ2v) is 6.32. The maximum Gasteiger partial charge on any atom is 0.269 e. The second-order valence-electron chi connectivity index (χ2n) is 6.32. The fraction of sp³-hybridized carbons (Fsp3) is 0.400. The Morgan fingerprint density at radius 1 is 1.26 bits per heavy atom. The lowest BCUT2D eigenvalue weighted by Gasteiger charge is -2.26. The van der Waals surface area contributed by atoms with Crippen LogP contribution < -0.4 is 10.1 Å². The van der Waals surface area contributed by atoms with Crippen LogP contribution in [-0.4, -0.2) is 61.9 Å². The summed E-state index contributed by atoms with van der Waals surface area (Å²) < 4.78 is 12.2. The van der Waals surface area contributed by atoms with Crippen molar-refractivity contribution in [3.8, 4) is 17.5 Å². The molecule has 1 aliphatic rings. The van der Waals surface area contributed by atoms with Crippen LogP contribution in [0.15, 0.2) is 36.5 Å². The lowest BCUT2D eigenvalue weighted by molar-refractivity contribution is 0.0374. The zero-order chi connectivity index (χ0) is 19.1. The molecular formula is C20H24N4O3. The van der Waals surface area contributed by atoms with Gasteiger partial charge >= 0.3 is 0 Å². The zero-order valence-corrected chi connectivity index (χ0v) is 15.5. The van der Waals surface area contributed by atoms with Crippen molar-refractivity contribution >= 4 is 5.91 Å². The van der Waals surface area contributed by atoms with Crippen molar-refractivity contribution in [3.63, 3.8) is 0 Å². The third kappa shape index (κ3) is 4.67. The van der Waals surface area contributed by atoms with Gasteiger partial charge in [0.15, 0.2) is 0 Å². The first-order valence-electron chi connectivity index (χ1n) is 9.07. The molecule has 1 fully saturated rings. The van der Waals surface area contributed by atoms with Crippen LogP contribution in [0.3, 0.4) is 0 Å². The molecule has 0 aliphatic carbocycles. The molecule has 0 atom stereocenters. The molecule has 1 saturated heterocycles. The highest BCUT2D eigenvalue weighted by molar-refractivity contribution is 5.95. The average molecular weight is 368 g/mol. The molecule has 1 aromatic carbocycles. The van der Waals surface area contributed by atoms with E-state index < -0.39 is 0 Å². The molecule has 0 spiro atoms. The lowest BCUT2D eigenvalue weighted by Crippen LogP contribution is -2.38. The average Bonchev–Trinajstić information content (AvgIpc) is 3.16. The molecule has 2 heterocycles. The van der Waals surface area contributed by atoms with Crippen LogP contribution in [0.1, 0.15) is 22.5 Å². The number of ether oxygens (including phenoxy) is 2. The fourth-order valence-corrected chi connectivity index (χ4v) is 3.13. The third-order valence-corrected chi connectivity index (χ3v) is 4.61. The summed E-state index contributed by atoms with van der Waals surface area (Å²) in [5, 5.41) is 12.3. The van der Waals surface area contributed by atoms with Crippen molar-refractivity contribution in [2.75, 3.05) is 46.5 Å². The van der Waals surface area contributed by atoms with Gasteiger partial charge in [-0.15, -0.1) is 0 Å². The van der Waals surface area contributed by atoms with Gasteiger partial charge in [-0.25, -0.2) is 0 Å². The number of hydrogen-bond acceptors (Lipinski definition) is 5. The predicted molar refractivity (Wildman–Crippen MR) is 101 cm³/mol. The first kappa shape index (κ1) is 19.0. The van der Waals surface area contributed by atoms with Crippen molar-refractivity contribution in [1.82, 2.24) is 14.8 Å². The molecule has 7 heteroatoms. The van der Waals surface area contributed by atoms with Crippen molar-refractivity contribution < 1.29 is 14.3 Å². The van der Waals surface area contributed by atoms with Gasteiger partial charge in [0.25, 0.3) is 5.91 Å². The van der Waals surface area contributed by atoms with Gasteiger partial charge in [-0.05, 0) is 43.3 Å². The maximum atomic E-state index is 12.7. The van der Waals surface area contributed by atoms with Crippen LogP contribution in [0.5, 0.6) is 5.75 Å². The SMILES string of the molecule is COc1ccc(-n2ccc(C#N)c2C(=O)NCCCN2CCOCC2)cc1. The van der Waals surface area contributed by atoms with E-state index in [1.165, 1.54) is 0 Å². The summed E-state index contributed by atoms with van der Waals surface area (Å²) in [4.78, 5) is 15.0. The number of aromatic nitrogens is 1.